The van der Waals surface area contributed by atoms with Gasteiger partial charge in [0.1, 0.15) is 0 Å². The third-order valence-corrected chi connectivity index (χ3v) is 3.71. The Morgan fingerprint density at radius 2 is 1.79 bits per heavy atom. The molecule has 0 aliphatic heterocycles. The number of rotatable bonds is 4. The highest BCUT2D eigenvalue weighted by Crippen LogP contribution is 2.26. The van der Waals surface area contributed by atoms with Gasteiger partial charge < -0.3 is 5.32 Å². The predicted octanol–water partition coefficient (Wildman–Crippen LogP) is 3.74. The molecule has 2 unspecified atom stereocenters. The largest absolute Gasteiger partial charge is 0.317 e. The molecular weight excluding hydrogens is 170 g/mol. The fraction of sp³-hybridized carbons (Fsp3) is 1.00. The summed E-state index contributed by atoms with van der Waals surface area (Å²) in [5, 5.41) is 3.53. The molecule has 0 aromatic heterocycles. The molecule has 1 saturated carbocycles. The van der Waals surface area contributed by atoms with Gasteiger partial charge in [0.25, 0.3) is 0 Å². The minimum absolute atomic E-state index is 0.807. The van der Waals surface area contributed by atoms with Gasteiger partial charge in [-0.3, -0.25) is 0 Å². The Hall–Kier alpha value is -0.0400. The molecule has 0 aromatic carbocycles. The van der Waals surface area contributed by atoms with Crippen molar-refractivity contribution in [1.29, 1.82) is 0 Å². The first kappa shape index (κ1) is 12.0. The highest BCUT2D eigenvalue weighted by molar-refractivity contribution is 4.77. The first-order valence-corrected chi connectivity index (χ1v) is 6.55. The van der Waals surface area contributed by atoms with E-state index in [4.69, 9.17) is 0 Å². The molecule has 1 N–H and O–H groups in total. The van der Waals surface area contributed by atoms with Crippen LogP contribution in [-0.4, -0.2) is 13.1 Å². The third-order valence-electron chi connectivity index (χ3n) is 3.71. The summed E-state index contributed by atoms with van der Waals surface area (Å²) in [5.41, 5.74) is 0. The van der Waals surface area contributed by atoms with Gasteiger partial charge in [0.2, 0.25) is 0 Å². The summed E-state index contributed by atoms with van der Waals surface area (Å²) in [4.78, 5) is 0. The lowest BCUT2D eigenvalue weighted by molar-refractivity contribution is 0.276. The van der Waals surface area contributed by atoms with Crippen LogP contribution in [0.2, 0.25) is 0 Å². The van der Waals surface area contributed by atoms with Crippen LogP contribution in [0.4, 0.5) is 0 Å². The molecule has 1 rings (SSSR count). The maximum absolute atomic E-state index is 3.53. The van der Waals surface area contributed by atoms with Crippen LogP contribution in [0.15, 0.2) is 0 Å². The molecule has 1 nitrogen and oxygen atoms in total. The van der Waals surface area contributed by atoms with Crippen LogP contribution < -0.4 is 5.32 Å². The lowest BCUT2D eigenvalue weighted by Crippen LogP contribution is -2.34. The minimum Gasteiger partial charge on any atom is -0.317 e. The second-order valence-electron chi connectivity index (χ2n) is 4.79. The lowest BCUT2D eigenvalue weighted by Gasteiger charge is -2.29. The Kier molecular flexibility index (Phi) is 6.25. The molecule has 0 saturated heterocycles. The average molecular weight is 197 g/mol. The summed E-state index contributed by atoms with van der Waals surface area (Å²) in [6.45, 7) is 2.30. The van der Waals surface area contributed by atoms with Gasteiger partial charge in [-0.25, -0.2) is 0 Å². The van der Waals surface area contributed by atoms with E-state index in [9.17, 15) is 0 Å². The van der Waals surface area contributed by atoms with Crippen LogP contribution in [0.1, 0.15) is 64.7 Å². The molecule has 0 bridgehead atoms. The third kappa shape index (κ3) is 4.00. The first-order chi connectivity index (χ1) is 6.88. The number of hydrogen-bond acceptors (Lipinski definition) is 1. The van der Waals surface area contributed by atoms with Gasteiger partial charge in [0.15, 0.2) is 0 Å². The van der Waals surface area contributed by atoms with E-state index in [1.54, 1.807) is 0 Å². The molecule has 1 aliphatic rings. The van der Waals surface area contributed by atoms with E-state index < -0.39 is 0 Å². The van der Waals surface area contributed by atoms with Crippen LogP contribution >= 0.6 is 0 Å². The topological polar surface area (TPSA) is 12.0 Å². The molecular formula is C13H27N. The zero-order valence-corrected chi connectivity index (χ0v) is 10.0. The molecule has 0 spiro atoms. The van der Waals surface area contributed by atoms with Gasteiger partial charge in [-0.2, -0.15) is 0 Å². The van der Waals surface area contributed by atoms with E-state index in [1.165, 1.54) is 57.8 Å². The SMILES string of the molecule is CCCCC1CCCCCCC1NC. The molecule has 1 aliphatic carbocycles. The summed E-state index contributed by atoms with van der Waals surface area (Å²) >= 11 is 0. The van der Waals surface area contributed by atoms with E-state index in [-0.39, 0.29) is 0 Å². The minimum atomic E-state index is 0.807. The summed E-state index contributed by atoms with van der Waals surface area (Å²) in [7, 11) is 2.14. The molecule has 1 fully saturated rings. The Balaban J connectivity index is 2.37. The number of unbranched alkanes of at least 4 members (excludes halogenated alkanes) is 1. The van der Waals surface area contributed by atoms with Crippen molar-refractivity contribution in [2.24, 2.45) is 5.92 Å². The highest BCUT2D eigenvalue weighted by Gasteiger charge is 2.20. The first-order valence-electron chi connectivity index (χ1n) is 6.55. The van der Waals surface area contributed by atoms with Gasteiger partial charge >= 0.3 is 0 Å². The van der Waals surface area contributed by atoms with Crippen molar-refractivity contribution >= 4 is 0 Å². The van der Waals surface area contributed by atoms with Crippen LogP contribution in [0, 0.1) is 5.92 Å². The molecule has 0 heterocycles. The standard InChI is InChI=1S/C13H27N/c1-3-4-9-12-10-7-5-6-8-11-13(12)14-2/h12-14H,3-11H2,1-2H3. The number of nitrogens with one attached hydrogen (secondary N) is 1. The predicted molar refractivity (Wildman–Crippen MR) is 63.6 cm³/mol. The van der Waals surface area contributed by atoms with Crippen LogP contribution in [0.5, 0.6) is 0 Å². The second kappa shape index (κ2) is 7.28. The van der Waals surface area contributed by atoms with Crippen LogP contribution in [0.3, 0.4) is 0 Å². The fourth-order valence-corrected chi connectivity index (χ4v) is 2.75. The van der Waals surface area contributed by atoms with Gasteiger partial charge in [-0.1, -0.05) is 45.4 Å². The van der Waals surface area contributed by atoms with E-state index >= 15 is 0 Å². The molecule has 0 amide bonds. The number of hydrogen-bond donors (Lipinski definition) is 1. The van der Waals surface area contributed by atoms with Crippen LogP contribution in [0.25, 0.3) is 0 Å². The molecule has 0 aromatic rings. The zero-order valence-electron chi connectivity index (χ0n) is 10.0. The van der Waals surface area contributed by atoms with Crippen molar-refractivity contribution < 1.29 is 0 Å². The monoisotopic (exact) mass is 197 g/mol. The second-order valence-corrected chi connectivity index (χ2v) is 4.79. The summed E-state index contributed by atoms with van der Waals surface area (Å²) < 4.78 is 0. The van der Waals surface area contributed by atoms with Crippen molar-refractivity contribution in [3.63, 3.8) is 0 Å². The molecule has 14 heavy (non-hydrogen) atoms. The Labute approximate surface area is 89.7 Å². The Morgan fingerprint density at radius 1 is 1.07 bits per heavy atom. The quantitative estimate of drug-likeness (QED) is 0.724. The van der Waals surface area contributed by atoms with Crippen molar-refractivity contribution in [1.82, 2.24) is 5.32 Å². The van der Waals surface area contributed by atoms with Crippen molar-refractivity contribution in [3.05, 3.63) is 0 Å². The van der Waals surface area contributed by atoms with E-state index in [2.05, 4.69) is 19.3 Å². The van der Waals surface area contributed by atoms with E-state index in [0.717, 1.165) is 12.0 Å². The van der Waals surface area contributed by atoms with Gasteiger partial charge in [-0.05, 0) is 32.2 Å². The van der Waals surface area contributed by atoms with E-state index in [1.807, 2.05) is 0 Å². The molecule has 2 atom stereocenters. The van der Waals surface area contributed by atoms with Crippen molar-refractivity contribution in [2.75, 3.05) is 7.05 Å². The molecule has 1 heteroatoms. The zero-order chi connectivity index (χ0) is 10.2. The summed E-state index contributed by atoms with van der Waals surface area (Å²) in [6, 6.07) is 0.807. The molecule has 84 valence electrons. The highest BCUT2D eigenvalue weighted by atomic mass is 14.9. The average Bonchev–Trinajstić information content (AvgIpc) is 2.17. The molecule has 0 radical (unpaired) electrons. The summed E-state index contributed by atoms with van der Waals surface area (Å²) in [6.07, 6.45) is 12.9. The fourth-order valence-electron chi connectivity index (χ4n) is 2.75. The van der Waals surface area contributed by atoms with Crippen molar-refractivity contribution in [3.8, 4) is 0 Å². The van der Waals surface area contributed by atoms with Gasteiger partial charge in [-0.15, -0.1) is 0 Å². The Bertz CT molecular complexity index is 131. The summed E-state index contributed by atoms with van der Waals surface area (Å²) in [5.74, 6) is 0.959. The van der Waals surface area contributed by atoms with Crippen LogP contribution in [-0.2, 0) is 0 Å². The Morgan fingerprint density at radius 3 is 2.43 bits per heavy atom. The lowest BCUT2D eigenvalue weighted by atomic mass is 9.84. The van der Waals surface area contributed by atoms with Gasteiger partial charge in [0.05, 0.1) is 0 Å². The van der Waals surface area contributed by atoms with Gasteiger partial charge in [0, 0.05) is 6.04 Å². The maximum atomic E-state index is 3.53. The van der Waals surface area contributed by atoms with E-state index in [0.29, 0.717) is 0 Å². The maximum Gasteiger partial charge on any atom is 0.00923 e. The van der Waals surface area contributed by atoms with Crippen molar-refractivity contribution in [2.45, 2.75) is 70.8 Å². The smallest absolute Gasteiger partial charge is 0.00923 e. The normalized spacial score (nSPS) is 29.6.